The van der Waals surface area contributed by atoms with E-state index in [0.29, 0.717) is 45.6 Å². The molecule has 0 aliphatic heterocycles. The van der Waals surface area contributed by atoms with Crippen molar-refractivity contribution in [1.29, 1.82) is 0 Å². The smallest absolute Gasteiger partial charge is 0.280 e. The van der Waals surface area contributed by atoms with Crippen molar-refractivity contribution in [2.75, 3.05) is 14.2 Å². The Morgan fingerprint density at radius 2 is 1.84 bits per heavy atom. The number of H-pyrrole nitrogens is 1. The number of nitrogens with zero attached hydrogens (tertiary/aromatic N) is 3. The minimum atomic E-state index is -0.486. The predicted molar refractivity (Wildman–Crippen MR) is 123 cm³/mol. The number of nitrogens with one attached hydrogen (secondary N) is 1. The third kappa shape index (κ3) is 4.52. The molecule has 1 aromatic heterocycles. The van der Waals surface area contributed by atoms with Gasteiger partial charge in [-0.1, -0.05) is 24.9 Å². The Balaban J connectivity index is 2.13. The van der Waals surface area contributed by atoms with E-state index in [1.165, 1.54) is 43.2 Å². The van der Waals surface area contributed by atoms with Gasteiger partial charge in [-0.15, -0.1) is 0 Å². The highest BCUT2D eigenvalue weighted by atomic mass is 35.5. The number of ether oxygens (including phenoxy) is 2. The molecule has 0 unspecified atom stereocenters. The summed E-state index contributed by atoms with van der Waals surface area (Å²) in [5, 5.41) is 14.4. The number of aryl methyl sites for hydroxylation is 1. The van der Waals surface area contributed by atoms with Crippen molar-refractivity contribution < 1.29 is 14.4 Å². The summed E-state index contributed by atoms with van der Waals surface area (Å²) in [4.78, 5) is 28.4. The Bertz CT molecular complexity index is 1230. The lowest BCUT2D eigenvalue weighted by atomic mass is 10.1. The Morgan fingerprint density at radius 3 is 2.41 bits per heavy atom. The van der Waals surface area contributed by atoms with Crippen molar-refractivity contribution in [2.24, 2.45) is 4.99 Å². The van der Waals surface area contributed by atoms with Gasteiger partial charge in [0.2, 0.25) is 0 Å². The molecule has 3 aromatic rings. The zero-order valence-electron chi connectivity index (χ0n) is 18.1. The number of hydrogen-bond donors (Lipinski definition) is 1. The van der Waals surface area contributed by atoms with Crippen LogP contribution in [0.2, 0.25) is 5.02 Å². The number of benzene rings is 2. The highest BCUT2D eigenvalue weighted by Crippen LogP contribution is 2.38. The summed E-state index contributed by atoms with van der Waals surface area (Å²) in [6, 6.07) is 9.00. The number of aliphatic imine (C=N–C) groups is 1. The second-order valence-corrected chi connectivity index (χ2v) is 7.39. The van der Waals surface area contributed by atoms with Crippen LogP contribution in [0.1, 0.15) is 31.5 Å². The molecule has 0 radical (unpaired) electrons. The second-order valence-electron chi connectivity index (χ2n) is 6.99. The van der Waals surface area contributed by atoms with E-state index >= 15 is 0 Å². The number of nitro benzene ring substituents is 1. The monoisotopic (exact) mass is 458 g/mol. The molecule has 0 atom stereocenters. The van der Waals surface area contributed by atoms with Gasteiger partial charge in [-0.2, -0.15) is 0 Å². The maximum Gasteiger partial charge on any atom is 0.280 e. The second kappa shape index (κ2) is 9.69. The van der Waals surface area contributed by atoms with Gasteiger partial charge in [-0.05, 0) is 25.5 Å². The first-order valence-electron chi connectivity index (χ1n) is 9.86. The summed E-state index contributed by atoms with van der Waals surface area (Å²) in [5.74, 6) is 0.878. The number of nitro groups is 1. The third-order valence-corrected chi connectivity index (χ3v) is 5.18. The molecule has 0 bridgehead atoms. The van der Waals surface area contributed by atoms with Gasteiger partial charge in [0.15, 0.2) is 0 Å². The van der Waals surface area contributed by atoms with Crippen LogP contribution in [0.5, 0.6) is 11.5 Å². The largest absolute Gasteiger partial charge is 0.495 e. The van der Waals surface area contributed by atoms with Crippen LogP contribution in [0, 0.1) is 10.1 Å². The van der Waals surface area contributed by atoms with E-state index in [9.17, 15) is 14.9 Å². The molecule has 2 aromatic carbocycles. The van der Waals surface area contributed by atoms with E-state index in [-0.39, 0.29) is 11.2 Å². The molecule has 0 spiro atoms. The minimum absolute atomic E-state index is 0.0520. The van der Waals surface area contributed by atoms with Crippen molar-refractivity contribution in [2.45, 2.75) is 26.7 Å². The van der Waals surface area contributed by atoms with E-state index in [0.717, 1.165) is 12.1 Å². The van der Waals surface area contributed by atoms with Gasteiger partial charge in [-0.3, -0.25) is 20.0 Å². The number of methoxy groups -OCH3 is 2. The van der Waals surface area contributed by atoms with Crippen LogP contribution in [0.4, 0.5) is 11.4 Å². The fourth-order valence-electron chi connectivity index (χ4n) is 3.36. The Morgan fingerprint density at radius 1 is 1.19 bits per heavy atom. The molecule has 32 heavy (non-hydrogen) atoms. The molecule has 3 rings (SSSR count). The molecule has 0 fully saturated rings. The summed E-state index contributed by atoms with van der Waals surface area (Å²) in [6.07, 6.45) is 1.43. The van der Waals surface area contributed by atoms with E-state index in [1.807, 2.05) is 6.92 Å². The first-order valence-corrected chi connectivity index (χ1v) is 10.2. The van der Waals surface area contributed by atoms with Gasteiger partial charge in [0, 0.05) is 30.0 Å². The first kappa shape index (κ1) is 23.1. The van der Waals surface area contributed by atoms with Crippen LogP contribution in [0.25, 0.3) is 5.69 Å². The summed E-state index contributed by atoms with van der Waals surface area (Å²) in [7, 11) is 3.01. The molecule has 10 heteroatoms. The average molecular weight is 459 g/mol. The van der Waals surface area contributed by atoms with Gasteiger partial charge in [0.05, 0.1) is 41.1 Å². The third-order valence-electron chi connectivity index (χ3n) is 4.89. The molecule has 1 N–H and O–H groups in total. The molecule has 0 amide bonds. The van der Waals surface area contributed by atoms with Gasteiger partial charge in [0.25, 0.3) is 11.2 Å². The number of non-ortho nitro benzene ring substituents is 1. The van der Waals surface area contributed by atoms with E-state index in [2.05, 4.69) is 10.1 Å². The van der Waals surface area contributed by atoms with Gasteiger partial charge >= 0.3 is 0 Å². The summed E-state index contributed by atoms with van der Waals surface area (Å²) >= 11 is 6.17. The molecule has 0 saturated carbocycles. The maximum absolute atomic E-state index is 13.3. The summed E-state index contributed by atoms with van der Waals surface area (Å²) in [5.41, 5.74) is 2.24. The van der Waals surface area contributed by atoms with Crippen LogP contribution in [0.15, 0.2) is 46.2 Å². The van der Waals surface area contributed by atoms with Crippen LogP contribution in [-0.2, 0) is 6.42 Å². The molecule has 0 aliphatic rings. The molecule has 0 saturated heterocycles. The summed E-state index contributed by atoms with van der Waals surface area (Å²) in [6.45, 7) is 3.75. The van der Waals surface area contributed by atoms with Crippen molar-refractivity contribution in [3.05, 3.63) is 73.1 Å². The van der Waals surface area contributed by atoms with Gasteiger partial charge in [-0.25, -0.2) is 9.67 Å². The maximum atomic E-state index is 13.3. The quantitative estimate of drug-likeness (QED) is 0.295. The molecular formula is C22H23ClN4O5. The number of hydrogen-bond acceptors (Lipinski definition) is 6. The molecule has 9 nitrogen and oxygen atoms in total. The zero-order chi connectivity index (χ0) is 23.4. The number of aromatic nitrogens is 2. The Kier molecular flexibility index (Phi) is 6.99. The van der Waals surface area contributed by atoms with E-state index < -0.39 is 4.92 Å². The highest BCUT2D eigenvalue weighted by Gasteiger charge is 2.19. The predicted octanol–water partition coefficient (Wildman–Crippen LogP) is 4.84. The SMILES string of the molecule is CCCc1[nH]n(-c2ccc([N+](=O)[O-])cc2)c(=O)c1C(C)=Nc1cc(OC)c(Cl)cc1OC. The standard InChI is InChI=1S/C22H23ClN4O5/c1-5-6-17-21(13(2)24-18-12-19(31-3)16(23)11-20(18)32-4)22(28)26(25-17)14-7-9-15(10-8-14)27(29)30/h7-12,25H,5-6H2,1-4H3. The number of aromatic amines is 1. The average Bonchev–Trinajstić information content (AvgIpc) is 3.10. The van der Waals surface area contributed by atoms with Crippen LogP contribution >= 0.6 is 11.6 Å². The Hall–Kier alpha value is -3.59. The zero-order valence-corrected chi connectivity index (χ0v) is 18.9. The molecule has 168 valence electrons. The lowest BCUT2D eigenvalue weighted by Crippen LogP contribution is -2.19. The van der Waals surface area contributed by atoms with Crippen molar-refractivity contribution >= 4 is 28.7 Å². The highest BCUT2D eigenvalue weighted by molar-refractivity contribution is 6.32. The van der Waals surface area contributed by atoms with E-state index in [1.54, 1.807) is 19.1 Å². The normalized spacial score (nSPS) is 11.5. The van der Waals surface area contributed by atoms with Crippen molar-refractivity contribution in [3.63, 3.8) is 0 Å². The fourth-order valence-corrected chi connectivity index (χ4v) is 3.59. The lowest BCUT2D eigenvalue weighted by molar-refractivity contribution is -0.384. The van der Waals surface area contributed by atoms with E-state index in [4.69, 9.17) is 21.1 Å². The summed E-state index contributed by atoms with van der Waals surface area (Å²) < 4.78 is 12.0. The molecule has 0 aliphatic carbocycles. The fraction of sp³-hybridized carbons (Fsp3) is 0.273. The van der Waals surface area contributed by atoms with Gasteiger partial charge < -0.3 is 9.47 Å². The Labute approximate surface area is 189 Å². The van der Waals surface area contributed by atoms with Crippen molar-refractivity contribution in [1.82, 2.24) is 9.78 Å². The van der Waals surface area contributed by atoms with Crippen LogP contribution in [0.3, 0.4) is 0 Å². The topological polar surface area (TPSA) is 112 Å². The molecule has 1 heterocycles. The number of rotatable bonds is 8. The first-order chi connectivity index (χ1) is 15.3. The van der Waals surface area contributed by atoms with Gasteiger partial charge in [0.1, 0.15) is 17.2 Å². The molecular weight excluding hydrogens is 436 g/mol. The van der Waals surface area contributed by atoms with Crippen LogP contribution in [-0.4, -0.2) is 34.6 Å². The lowest BCUT2D eigenvalue weighted by Gasteiger charge is -2.10. The van der Waals surface area contributed by atoms with Crippen molar-refractivity contribution in [3.8, 4) is 17.2 Å². The minimum Gasteiger partial charge on any atom is -0.495 e. The van der Waals surface area contributed by atoms with Crippen LogP contribution < -0.4 is 15.0 Å². The number of halogens is 1.